The van der Waals surface area contributed by atoms with Crippen LogP contribution in [-0.4, -0.2) is 55.3 Å². The molecule has 2 aliphatic rings. The van der Waals surface area contributed by atoms with Gasteiger partial charge in [0.1, 0.15) is 11.4 Å². The minimum absolute atomic E-state index is 0.124. The SMILES string of the molecule is CC(=O)Nc1cccc(-n2c(SCCCN3C(=O)NC(C)(C)C3=O)nnc2C2CC2)c1. The van der Waals surface area contributed by atoms with Crippen molar-refractivity contribution in [1.82, 2.24) is 25.0 Å². The Morgan fingerprint density at radius 2 is 2.06 bits per heavy atom. The van der Waals surface area contributed by atoms with Crippen LogP contribution < -0.4 is 10.6 Å². The van der Waals surface area contributed by atoms with Crippen LogP contribution in [0.2, 0.25) is 0 Å². The minimum Gasteiger partial charge on any atom is -0.326 e. The molecule has 2 N–H and O–H groups in total. The van der Waals surface area contributed by atoms with Gasteiger partial charge in [-0.3, -0.25) is 19.1 Å². The molecule has 1 aliphatic heterocycles. The molecule has 0 atom stereocenters. The Kier molecular flexibility index (Phi) is 5.74. The third-order valence-electron chi connectivity index (χ3n) is 5.23. The number of urea groups is 1. The summed E-state index contributed by atoms with van der Waals surface area (Å²) in [6.45, 7) is 5.26. The molecule has 164 valence electrons. The molecule has 0 bridgehead atoms. The van der Waals surface area contributed by atoms with Crippen molar-refractivity contribution >= 4 is 35.3 Å². The summed E-state index contributed by atoms with van der Waals surface area (Å²) in [6, 6.07) is 7.29. The summed E-state index contributed by atoms with van der Waals surface area (Å²) in [5.41, 5.74) is 0.775. The molecule has 2 fully saturated rings. The molecule has 1 aliphatic carbocycles. The Bertz CT molecular complexity index is 1030. The van der Waals surface area contributed by atoms with Gasteiger partial charge in [0, 0.05) is 30.8 Å². The average Bonchev–Trinajstić information content (AvgIpc) is 3.42. The molecule has 4 rings (SSSR count). The highest BCUT2D eigenvalue weighted by atomic mass is 32.2. The van der Waals surface area contributed by atoms with Crippen LogP contribution in [0.3, 0.4) is 0 Å². The molecule has 1 saturated heterocycles. The number of imide groups is 1. The van der Waals surface area contributed by atoms with Crippen molar-refractivity contribution < 1.29 is 14.4 Å². The zero-order chi connectivity index (χ0) is 22.2. The lowest BCUT2D eigenvalue weighted by atomic mass is 10.1. The largest absolute Gasteiger partial charge is 0.326 e. The molecule has 0 spiro atoms. The minimum atomic E-state index is -0.845. The normalized spacial score (nSPS) is 17.7. The molecule has 10 heteroatoms. The molecule has 0 unspecified atom stereocenters. The molecule has 31 heavy (non-hydrogen) atoms. The highest BCUT2D eigenvalue weighted by molar-refractivity contribution is 7.99. The number of nitrogens with zero attached hydrogens (tertiary/aromatic N) is 4. The highest BCUT2D eigenvalue weighted by Crippen LogP contribution is 2.41. The number of thioether (sulfide) groups is 1. The molecule has 2 heterocycles. The Morgan fingerprint density at radius 3 is 2.71 bits per heavy atom. The first-order valence-electron chi connectivity index (χ1n) is 10.4. The van der Waals surface area contributed by atoms with Crippen molar-refractivity contribution in [3.8, 4) is 5.69 Å². The predicted octanol–water partition coefficient (Wildman–Crippen LogP) is 2.92. The summed E-state index contributed by atoms with van der Waals surface area (Å²) in [4.78, 5) is 37.0. The number of nitrogens with one attached hydrogen (secondary N) is 2. The second-order valence-corrected chi connectivity index (χ2v) is 9.46. The molecule has 1 aromatic heterocycles. The number of rotatable bonds is 8. The van der Waals surface area contributed by atoms with Gasteiger partial charge >= 0.3 is 6.03 Å². The van der Waals surface area contributed by atoms with E-state index in [1.54, 1.807) is 25.6 Å². The van der Waals surface area contributed by atoms with E-state index in [0.29, 0.717) is 24.6 Å². The van der Waals surface area contributed by atoms with Crippen molar-refractivity contribution in [2.75, 3.05) is 17.6 Å². The van der Waals surface area contributed by atoms with Gasteiger partial charge in [-0.1, -0.05) is 17.8 Å². The summed E-state index contributed by atoms with van der Waals surface area (Å²) in [6.07, 6.45) is 2.84. The van der Waals surface area contributed by atoms with Crippen LogP contribution >= 0.6 is 11.8 Å². The Labute approximate surface area is 185 Å². The zero-order valence-corrected chi connectivity index (χ0v) is 18.7. The van der Waals surface area contributed by atoms with E-state index in [9.17, 15) is 14.4 Å². The average molecular weight is 443 g/mol. The fourth-order valence-electron chi connectivity index (χ4n) is 3.56. The van der Waals surface area contributed by atoms with Crippen molar-refractivity contribution in [3.63, 3.8) is 0 Å². The van der Waals surface area contributed by atoms with E-state index in [1.165, 1.54) is 11.8 Å². The van der Waals surface area contributed by atoms with E-state index in [1.807, 2.05) is 28.8 Å². The van der Waals surface area contributed by atoms with E-state index >= 15 is 0 Å². The van der Waals surface area contributed by atoms with Gasteiger partial charge in [-0.05, 0) is 51.3 Å². The Morgan fingerprint density at radius 1 is 1.29 bits per heavy atom. The lowest BCUT2D eigenvalue weighted by molar-refractivity contribution is -0.130. The van der Waals surface area contributed by atoms with Gasteiger partial charge in [0.15, 0.2) is 5.16 Å². The lowest BCUT2D eigenvalue weighted by Gasteiger charge is -2.16. The van der Waals surface area contributed by atoms with Gasteiger partial charge < -0.3 is 10.6 Å². The van der Waals surface area contributed by atoms with Crippen LogP contribution in [0.15, 0.2) is 29.4 Å². The lowest BCUT2D eigenvalue weighted by Crippen LogP contribution is -2.40. The van der Waals surface area contributed by atoms with E-state index < -0.39 is 5.54 Å². The maximum Gasteiger partial charge on any atom is 0.325 e. The van der Waals surface area contributed by atoms with Crippen LogP contribution in [0.5, 0.6) is 0 Å². The van der Waals surface area contributed by atoms with Crippen LogP contribution in [0.4, 0.5) is 10.5 Å². The first-order valence-corrected chi connectivity index (χ1v) is 11.3. The summed E-state index contributed by atoms with van der Waals surface area (Å²) < 4.78 is 2.05. The van der Waals surface area contributed by atoms with E-state index in [0.717, 1.165) is 35.2 Å². The number of anilines is 1. The van der Waals surface area contributed by atoms with E-state index in [4.69, 9.17) is 0 Å². The summed E-state index contributed by atoms with van der Waals surface area (Å²) in [5.74, 6) is 1.70. The number of benzene rings is 1. The monoisotopic (exact) mass is 442 g/mol. The van der Waals surface area contributed by atoms with Gasteiger partial charge in [0.05, 0.1) is 5.69 Å². The molecule has 1 saturated carbocycles. The number of hydrogen-bond donors (Lipinski definition) is 2. The summed E-state index contributed by atoms with van der Waals surface area (Å²) in [5, 5.41) is 15.1. The Hall–Kier alpha value is -2.88. The van der Waals surface area contributed by atoms with Gasteiger partial charge in [0.2, 0.25) is 5.91 Å². The molecular formula is C21H26N6O3S. The summed E-state index contributed by atoms with van der Waals surface area (Å²) in [7, 11) is 0. The number of amides is 4. The first-order chi connectivity index (χ1) is 14.8. The molecule has 1 aromatic carbocycles. The standard InChI is InChI=1S/C21H26N6O3S/c1-13(28)22-15-6-4-7-16(12-15)27-17(14-8-9-14)24-25-20(27)31-11-5-10-26-18(29)21(2,3)23-19(26)30/h4,6-7,12,14H,5,8-11H2,1-3H3,(H,22,28)(H,23,30). The topological polar surface area (TPSA) is 109 Å². The Balaban J connectivity index is 1.46. The van der Waals surface area contributed by atoms with Crippen molar-refractivity contribution in [1.29, 1.82) is 0 Å². The fraction of sp³-hybridized carbons (Fsp3) is 0.476. The molecule has 9 nitrogen and oxygen atoms in total. The molecule has 0 radical (unpaired) electrons. The summed E-state index contributed by atoms with van der Waals surface area (Å²) >= 11 is 1.55. The smallest absolute Gasteiger partial charge is 0.325 e. The van der Waals surface area contributed by atoms with E-state index in [-0.39, 0.29) is 17.8 Å². The molecule has 4 amide bonds. The second-order valence-electron chi connectivity index (χ2n) is 8.40. The fourth-order valence-corrected chi connectivity index (χ4v) is 4.44. The number of hydrogen-bond acceptors (Lipinski definition) is 6. The van der Waals surface area contributed by atoms with Gasteiger partial charge in [0.25, 0.3) is 5.91 Å². The van der Waals surface area contributed by atoms with Gasteiger partial charge in [-0.15, -0.1) is 10.2 Å². The zero-order valence-electron chi connectivity index (χ0n) is 17.8. The first kappa shape index (κ1) is 21.4. The third-order valence-corrected chi connectivity index (χ3v) is 6.24. The second kappa shape index (κ2) is 8.33. The van der Waals surface area contributed by atoms with Crippen molar-refractivity contribution in [3.05, 3.63) is 30.1 Å². The number of aromatic nitrogens is 3. The quantitative estimate of drug-likeness (QED) is 0.370. The van der Waals surface area contributed by atoms with E-state index in [2.05, 4.69) is 20.8 Å². The maximum atomic E-state index is 12.3. The number of carbonyl (C=O) groups is 3. The van der Waals surface area contributed by atoms with Crippen molar-refractivity contribution in [2.45, 2.75) is 56.6 Å². The predicted molar refractivity (Wildman–Crippen MR) is 117 cm³/mol. The van der Waals surface area contributed by atoms with Crippen LogP contribution in [0.25, 0.3) is 5.69 Å². The van der Waals surface area contributed by atoms with Crippen LogP contribution in [0.1, 0.15) is 51.8 Å². The van der Waals surface area contributed by atoms with Crippen LogP contribution in [0, 0.1) is 0 Å². The highest BCUT2D eigenvalue weighted by Gasteiger charge is 2.43. The number of carbonyl (C=O) groups excluding carboxylic acids is 3. The third kappa shape index (κ3) is 4.58. The molecule has 2 aromatic rings. The maximum absolute atomic E-state index is 12.3. The van der Waals surface area contributed by atoms with Gasteiger partial charge in [-0.25, -0.2) is 4.79 Å². The molecular weight excluding hydrogens is 416 g/mol. The van der Waals surface area contributed by atoms with Gasteiger partial charge in [-0.2, -0.15) is 0 Å². The van der Waals surface area contributed by atoms with Crippen LogP contribution in [-0.2, 0) is 9.59 Å². The van der Waals surface area contributed by atoms with Crippen molar-refractivity contribution in [2.24, 2.45) is 0 Å².